The van der Waals surface area contributed by atoms with Crippen LogP contribution in [0, 0.1) is 35.5 Å². The largest absolute Gasteiger partial charge is 0.274 e. The number of alkyl halides is 4. The smallest absolute Gasteiger partial charge is 0.237 e. The van der Waals surface area contributed by atoms with Crippen molar-refractivity contribution < 1.29 is 9.59 Å². The van der Waals surface area contributed by atoms with Gasteiger partial charge in [-0.1, -0.05) is 64.6 Å². The number of allylic oxidation sites excluding steroid dienone is 2. The minimum atomic E-state index is -1.63. The standard InChI is InChI=1S/C20H13Cl6NO2/c21-14-15(22)19(24)13-9-6-8(12(13)18(14,23)20(19,25)26)10-11(9)17(29)27(16(10)28)7-4-2-1-3-5-7/h1-5,8-13H,6H2/t8-,9-,10-,11+,12+,13+,18-,19-/m0/s1. The zero-order chi connectivity index (χ0) is 20.7. The molecule has 1 saturated heterocycles. The van der Waals surface area contributed by atoms with E-state index < -0.39 is 25.9 Å². The molecule has 5 aliphatic rings. The number of anilines is 1. The van der Waals surface area contributed by atoms with Gasteiger partial charge in [-0.3, -0.25) is 14.5 Å². The number of benzene rings is 1. The average Bonchev–Trinajstić information content (AvgIpc) is 3.39. The molecule has 9 heteroatoms. The van der Waals surface area contributed by atoms with E-state index in [0.29, 0.717) is 12.1 Å². The second-order valence-electron chi connectivity index (χ2n) is 8.64. The Morgan fingerprint density at radius 2 is 1.24 bits per heavy atom. The van der Waals surface area contributed by atoms with E-state index in [1.54, 1.807) is 24.3 Å². The number of hydrogen-bond acceptors (Lipinski definition) is 2. The van der Waals surface area contributed by atoms with Crippen molar-refractivity contribution in [1.82, 2.24) is 0 Å². The lowest BCUT2D eigenvalue weighted by atomic mass is 9.65. The topological polar surface area (TPSA) is 37.4 Å². The molecule has 0 N–H and O–H groups in total. The minimum absolute atomic E-state index is 0.155. The number of rotatable bonds is 1. The summed E-state index contributed by atoms with van der Waals surface area (Å²) in [5, 5.41) is 0.311. The summed E-state index contributed by atoms with van der Waals surface area (Å²) in [6.07, 6.45) is 0.659. The quantitative estimate of drug-likeness (QED) is 0.283. The molecule has 29 heavy (non-hydrogen) atoms. The Bertz CT molecular complexity index is 969. The molecule has 1 heterocycles. The van der Waals surface area contributed by atoms with Gasteiger partial charge < -0.3 is 0 Å². The maximum Gasteiger partial charge on any atom is 0.237 e. The maximum atomic E-state index is 13.4. The molecule has 1 aliphatic heterocycles. The number of halogens is 6. The van der Waals surface area contributed by atoms with Crippen molar-refractivity contribution in [1.29, 1.82) is 0 Å². The Morgan fingerprint density at radius 1 is 0.793 bits per heavy atom. The lowest BCUT2D eigenvalue weighted by Gasteiger charge is -2.42. The van der Waals surface area contributed by atoms with Crippen LogP contribution in [0.1, 0.15) is 6.42 Å². The lowest BCUT2D eigenvalue weighted by Crippen LogP contribution is -2.46. The van der Waals surface area contributed by atoms with Gasteiger partial charge in [-0.05, 0) is 42.2 Å². The van der Waals surface area contributed by atoms with Crippen molar-refractivity contribution in [3.63, 3.8) is 0 Å². The molecule has 1 aromatic carbocycles. The lowest BCUT2D eigenvalue weighted by molar-refractivity contribution is -0.123. The summed E-state index contributed by atoms with van der Waals surface area (Å²) in [7, 11) is 0. The molecular formula is C20H13Cl6NO2. The summed E-state index contributed by atoms with van der Waals surface area (Å²) in [5.74, 6) is -2.39. The van der Waals surface area contributed by atoms with Crippen LogP contribution in [0.2, 0.25) is 0 Å². The highest BCUT2D eigenvalue weighted by Crippen LogP contribution is 2.84. The highest BCUT2D eigenvalue weighted by Gasteiger charge is 2.88. The molecule has 4 aliphatic carbocycles. The molecule has 1 aromatic rings. The van der Waals surface area contributed by atoms with E-state index in [9.17, 15) is 9.59 Å². The summed E-state index contributed by atoms with van der Waals surface area (Å²) in [4.78, 5) is 25.3. The Balaban J connectivity index is 1.49. The van der Waals surface area contributed by atoms with Crippen molar-refractivity contribution >= 4 is 87.1 Å². The van der Waals surface area contributed by atoms with E-state index in [1.807, 2.05) is 6.07 Å². The summed E-state index contributed by atoms with van der Waals surface area (Å²) in [6.45, 7) is 0. The van der Waals surface area contributed by atoms with Crippen molar-refractivity contribution in [2.24, 2.45) is 35.5 Å². The van der Waals surface area contributed by atoms with Crippen LogP contribution in [0.15, 0.2) is 40.4 Å². The van der Waals surface area contributed by atoms with Gasteiger partial charge in [0.25, 0.3) is 0 Å². The molecule has 3 nitrogen and oxygen atoms in total. The molecular weight excluding hydrogens is 499 g/mol. The van der Waals surface area contributed by atoms with E-state index in [4.69, 9.17) is 69.6 Å². The average molecular weight is 512 g/mol. The first-order valence-electron chi connectivity index (χ1n) is 9.34. The number of carbonyl (C=O) groups is 2. The van der Waals surface area contributed by atoms with Gasteiger partial charge in [0.15, 0.2) is 4.33 Å². The van der Waals surface area contributed by atoms with E-state index in [2.05, 4.69) is 0 Å². The molecule has 4 bridgehead atoms. The molecule has 0 radical (unpaired) electrons. The predicted octanol–water partition coefficient (Wildman–Crippen LogP) is 5.52. The zero-order valence-corrected chi connectivity index (χ0v) is 19.1. The van der Waals surface area contributed by atoms with Gasteiger partial charge in [-0.15, -0.1) is 23.2 Å². The minimum Gasteiger partial charge on any atom is -0.274 e. The Labute approximate surface area is 197 Å². The van der Waals surface area contributed by atoms with Crippen LogP contribution < -0.4 is 4.90 Å². The van der Waals surface area contributed by atoms with Crippen molar-refractivity contribution in [3.8, 4) is 0 Å². The molecule has 6 rings (SSSR count). The third-order valence-electron chi connectivity index (χ3n) is 7.85. The van der Waals surface area contributed by atoms with Crippen LogP contribution in [-0.2, 0) is 9.59 Å². The number of para-hydroxylation sites is 1. The molecule has 152 valence electrons. The number of amides is 2. The number of nitrogens with zero attached hydrogens (tertiary/aromatic N) is 1. The van der Waals surface area contributed by atoms with Gasteiger partial charge >= 0.3 is 0 Å². The number of fused-ring (bicyclic) bond motifs is 12. The van der Waals surface area contributed by atoms with E-state index in [-0.39, 0.29) is 45.6 Å². The summed E-state index contributed by atoms with van der Waals surface area (Å²) in [5.41, 5.74) is 0.573. The normalized spacial score (nSPS) is 48.7. The predicted molar refractivity (Wildman–Crippen MR) is 115 cm³/mol. The van der Waals surface area contributed by atoms with Gasteiger partial charge in [-0.25, -0.2) is 0 Å². The van der Waals surface area contributed by atoms with Gasteiger partial charge in [0.05, 0.1) is 27.6 Å². The Hall–Kier alpha value is -0.160. The third kappa shape index (κ3) is 1.79. The highest BCUT2D eigenvalue weighted by atomic mass is 35.5. The van der Waals surface area contributed by atoms with E-state index >= 15 is 0 Å². The fraction of sp³-hybridized carbons (Fsp3) is 0.500. The van der Waals surface area contributed by atoms with Crippen LogP contribution in [0.5, 0.6) is 0 Å². The van der Waals surface area contributed by atoms with Gasteiger partial charge in [0.1, 0.15) is 9.75 Å². The second kappa shape index (κ2) is 5.60. The molecule has 0 spiro atoms. The van der Waals surface area contributed by atoms with Crippen molar-refractivity contribution in [2.75, 3.05) is 4.90 Å². The number of carbonyl (C=O) groups excluding carboxylic acids is 2. The summed E-state index contributed by atoms with van der Waals surface area (Å²) < 4.78 is -1.63. The first kappa shape index (κ1) is 19.5. The summed E-state index contributed by atoms with van der Waals surface area (Å²) in [6, 6.07) is 8.95. The number of hydrogen-bond donors (Lipinski definition) is 0. The van der Waals surface area contributed by atoms with E-state index in [0.717, 1.165) is 0 Å². The molecule has 3 saturated carbocycles. The first-order chi connectivity index (χ1) is 13.6. The molecule has 8 atom stereocenters. The highest BCUT2D eigenvalue weighted by molar-refractivity contribution is 6.65. The van der Waals surface area contributed by atoms with Crippen LogP contribution in [0.3, 0.4) is 0 Å². The monoisotopic (exact) mass is 509 g/mol. The Morgan fingerprint density at radius 3 is 1.69 bits per heavy atom. The third-order valence-corrected chi connectivity index (χ3v) is 12.1. The molecule has 0 aromatic heterocycles. The first-order valence-corrected chi connectivity index (χ1v) is 11.6. The van der Waals surface area contributed by atoms with Crippen LogP contribution in [0.25, 0.3) is 0 Å². The van der Waals surface area contributed by atoms with Crippen LogP contribution >= 0.6 is 69.6 Å². The van der Waals surface area contributed by atoms with Gasteiger partial charge in [0.2, 0.25) is 11.8 Å². The van der Waals surface area contributed by atoms with Crippen LogP contribution in [-0.4, -0.2) is 25.9 Å². The number of imide groups is 1. The van der Waals surface area contributed by atoms with Gasteiger partial charge in [-0.2, -0.15) is 0 Å². The SMILES string of the molecule is O=C1[C@@H]2[C@@H]3C[C@@H]([C@@H]2C(=O)N1c1ccccc1)[C@@H]1[C@@H]3[C@]2(Cl)C(Cl)=C(Cl)[C@]1(Cl)C2(Cl)Cl. The second-order valence-corrected chi connectivity index (χ2v) is 11.9. The molecule has 0 unspecified atom stereocenters. The fourth-order valence-corrected chi connectivity index (χ4v) is 10.1. The van der Waals surface area contributed by atoms with E-state index in [1.165, 1.54) is 4.90 Å². The fourth-order valence-electron chi connectivity index (χ4n) is 6.98. The Kier molecular flexibility index (Phi) is 3.77. The summed E-state index contributed by atoms with van der Waals surface area (Å²) >= 11 is 40.5. The maximum absolute atomic E-state index is 13.4. The van der Waals surface area contributed by atoms with Crippen molar-refractivity contribution in [2.45, 2.75) is 20.5 Å². The zero-order valence-electron chi connectivity index (χ0n) is 14.6. The van der Waals surface area contributed by atoms with Crippen LogP contribution in [0.4, 0.5) is 5.69 Å². The van der Waals surface area contributed by atoms with Gasteiger partial charge in [0, 0.05) is 0 Å². The molecule has 4 fully saturated rings. The van der Waals surface area contributed by atoms with Crippen molar-refractivity contribution in [3.05, 3.63) is 40.4 Å². The molecule has 2 amide bonds.